The molecule has 0 radical (unpaired) electrons. The van der Waals surface area contributed by atoms with Crippen molar-refractivity contribution in [3.8, 4) is 6.07 Å². The molecule has 0 unspecified atom stereocenters. The molecule has 0 aliphatic rings. The van der Waals surface area contributed by atoms with E-state index in [4.69, 9.17) is 5.26 Å². The van der Waals surface area contributed by atoms with E-state index < -0.39 is 21.8 Å². The van der Waals surface area contributed by atoms with Crippen molar-refractivity contribution < 1.29 is 21.6 Å². The molecule has 0 heterocycles. The molecule has 0 saturated heterocycles. The van der Waals surface area contributed by atoms with Crippen LogP contribution < -0.4 is 9.62 Å². The third kappa shape index (κ3) is 5.24. The van der Waals surface area contributed by atoms with E-state index in [1.807, 2.05) is 0 Å². The number of rotatable bonds is 5. The van der Waals surface area contributed by atoms with Crippen molar-refractivity contribution in [3.05, 3.63) is 29.3 Å². The van der Waals surface area contributed by atoms with Crippen molar-refractivity contribution in [1.82, 2.24) is 4.72 Å². The largest absolute Gasteiger partial charge is 0.416 e. The molecule has 1 aromatic rings. The highest BCUT2D eigenvalue weighted by Gasteiger charge is 2.31. The lowest BCUT2D eigenvalue weighted by molar-refractivity contribution is -0.137. The zero-order valence-electron chi connectivity index (χ0n) is 11.4. The number of nitriles is 1. The molecule has 21 heavy (non-hydrogen) atoms. The van der Waals surface area contributed by atoms with Crippen LogP contribution in [0.4, 0.5) is 18.9 Å². The maximum Gasteiger partial charge on any atom is 0.416 e. The van der Waals surface area contributed by atoms with Gasteiger partial charge in [0.2, 0.25) is 10.0 Å². The fourth-order valence-electron chi connectivity index (χ4n) is 1.65. The Bertz CT molecular complexity index is 651. The zero-order valence-corrected chi connectivity index (χ0v) is 12.2. The molecule has 0 fully saturated rings. The summed E-state index contributed by atoms with van der Waals surface area (Å²) in [6.07, 6.45) is -3.51. The van der Waals surface area contributed by atoms with Gasteiger partial charge in [0.15, 0.2) is 0 Å². The Labute approximate surface area is 121 Å². The third-order valence-corrected chi connectivity index (χ3v) is 3.40. The highest BCUT2D eigenvalue weighted by molar-refractivity contribution is 7.88. The third-order valence-electron chi connectivity index (χ3n) is 2.67. The van der Waals surface area contributed by atoms with E-state index in [-0.39, 0.29) is 18.7 Å². The second kappa shape index (κ2) is 6.32. The van der Waals surface area contributed by atoms with Crippen molar-refractivity contribution in [1.29, 1.82) is 5.26 Å². The highest BCUT2D eigenvalue weighted by atomic mass is 32.2. The van der Waals surface area contributed by atoms with Crippen LogP contribution in [-0.2, 0) is 16.2 Å². The van der Waals surface area contributed by atoms with Crippen LogP contribution in [0.3, 0.4) is 0 Å². The molecule has 0 aliphatic heterocycles. The molecule has 1 aromatic carbocycles. The molecule has 1 rings (SSSR count). The summed E-state index contributed by atoms with van der Waals surface area (Å²) >= 11 is 0. The molecule has 1 N–H and O–H groups in total. The molecule has 0 bridgehead atoms. The van der Waals surface area contributed by atoms with E-state index >= 15 is 0 Å². The van der Waals surface area contributed by atoms with Gasteiger partial charge in [0.1, 0.15) is 6.07 Å². The predicted molar refractivity (Wildman–Crippen MR) is 72.3 cm³/mol. The molecule has 5 nitrogen and oxygen atoms in total. The van der Waals surface area contributed by atoms with Crippen molar-refractivity contribution in [2.75, 3.05) is 31.3 Å². The van der Waals surface area contributed by atoms with Gasteiger partial charge in [0, 0.05) is 20.1 Å². The van der Waals surface area contributed by atoms with E-state index in [9.17, 15) is 21.6 Å². The number of likely N-dealkylation sites (N-methyl/N-ethyl adjacent to an activating group) is 1. The highest BCUT2D eigenvalue weighted by Crippen LogP contribution is 2.32. The van der Waals surface area contributed by atoms with E-state index in [0.717, 1.165) is 18.4 Å². The Kier molecular flexibility index (Phi) is 5.20. The van der Waals surface area contributed by atoms with Crippen molar-refractivity contribution in [2.45, 2.75) is 6.18 Å². The molecule has 0 atom stereocenters. The number of hydrogen-bond acceptors (Lipinski definition) is 4. The monoisotopic (exact) mass is 321 g/mol. The standard InChI is InChI=1S/C12H14F3N3O2S/c1-18(6-5-17-21(2,19)20)11-4-3-10(12(13,14)15)7-9(11)8-16/h3-4,7,17H,5-6H2,1-2H3. The first-order valence-corrected chi connectivity index (χ1v) is 7.71. The van der Waals surface area contributed by atoms with Gasteiger partial charge in [0.05, 0.1) is 23.1 Å². The lowest BCUT2D eigenvalue weighted by Crippen LogP contribution is -2.32. The van der Waals surface area contributed by atoms with Gasteiger partial charge in [-0.2, -0.15) is 18.4 Å². The summed E-state index contributed by atoms with van der Waals surface area (Å²) in [6, 6.07) is 4.57. The number of nitrogens with one attached hydrogen (secondary N) is 1. The van der Waals surface area contributed by atoms with Gasteiger partial charge in [-0.15, -0.1) is 0 Å². The minimum Gasteiger partial charge on any atom is -0.372 e. The lowest BCUT2D eigenvalue weighted by atomic mass is 10.1. The van der Waals surface area contributed by atoms with Crippen LogP contribution >= 0.6 is 0 Å². The zero-order chi connectivity index (χ0) is 16.3. The molecule has 9 heteroatoms. The smallest absolute Gasteiger partial charge is 0.372 e. The number of nitrogens with zero attached hydrogens (tertiary/aromatic N) is 2. The first-order chi connectivity index (χ1) is 9.54. The van der Waals surface area contributed by atoms with Crippen molar-refractivity contribution in [3.63, 3.8) is 0 Å². The number of benzene rings is 1. The van der Waals surface area contributed by atoms with E-state index in [0.29, 0.717) is 5.69 Å². The SMILES string of the molecule is CN(CCNS(C)(=O)=O)c1ccc(C(F)(F)F)cc1C#N. The summed E-state index contributed by atoms with van der Waals surface area (Å²) in [5.74, 6) is 0. The molecule has 0 aromatic heterocycles. The van der Waals surface area contributed by atoms with Gasteiger partial charge >= 0.3 is 6.18 Å². The second-order valence-electron chi connectivity index (χ2n) is 4.43. The summed E-state index contributed by atoms with van der Waals surface area (Å²) < 4.78 is 61.8. The minimum absolute atomic E-state index is 0.0845. The average Bonchev–Trinajstić information content (AvgIpc) is 2.35. The first kappa shape index (κ1) is 17.3. The Balaban J connectivity index is 2.90. The fraction of sp³-hybridized carbons (Fsp3) is 0.417. The molecule has 0 amide bonds. The predicted octanol–water partition coefficient (Wildman–Crippen LogP) is 1.56. The van der Waals surface area contributed by atoms with Crippen molar-refractivity contribution in [2.24, 2.45) is 0 Å². The second-order valence-corrected chi connectivity index (χ2v) is 6.26. The summed E-state index contributed by atoms with van der Waals surface area (Å²) in [6.45, 7) is 0.300. The van der Waals surface area contributed by atoms with Crippen LogP contribution in [0.25, 0.3) is 0 Å². The summed E-state index contributed by atoms with van der Waals surface area (Å²) in [5, 5.41) is 8.96. The summed E-state index contributed by atoms with van der Waals surface area (Å²) in [7, 11) is -1.77. The van der Waals surface area contributed by atoms with Crippen LogP contribution in [0.2, 0.25) is 0 Å². The van der Waals surface area contributed by atoms with Crippen molar-refractivity contribution >= 4 is 15.7 Å². The summed E-state index contributed by atoms with van der Waals surface area (Å²) in [5.41, 5.74) is -0.710. The number of anilines is 1. The maximum absolute atomic E-state index is 12.6. The fourth-order valence-corrected chi connectivity index (χ4v) is 2.12. The number of hydrogen-bond donors (Lipinski definition) is 1. The Morgan fingerprint density at radius 1 is 1.38 bits per heavy atom. The van der Waals surface area contributed by atoms with Crippen LogP contribution in [0, 0.1) is 11.3 Å². The molecule has 0 saturated carbocycles. The van der Waals surface area contributed by atoms with Crippen LogP contribution in [0.1, 0.15) is 11.1 Å². The van der Waals surface area contributed by atoms with E-state index in [2.05, 4.69) is 4.72 Å². The van der Waals surface area contributed by atoms with Crippen LogP contribution in [-0.4, -0.2) is 34.8 Å². The summed E-state index contributed by atoms with van der Waals surface area (Å²) in [4.78, 5) is 1.51. The molecule has 0 spiro atoms. The maximum atomic E-state index is 12.6. The van der Waals surface area contributed by atoms with Gasteiger partial charge in [-0.05, 0) is 18.2 Å². The number of sulfonamides is 1. The van der Waals surface area contributed by atoms with Gasteiger partial charge in [-0.25, -0.2) is 13.1 Å². The van der Waals surface area contributed by atoms with E-state index in [1.54, 1.807) is 13.1 Å². The lowest BCUT2D eigenvalue weighted by Gasteiger charge is -2.21. The molecule has 116 valence electrons. The first-order valence-electron chi connectivity index (χ1n) is 5.81. The average molecular weight is 321 g/mol. The van der Waals surface area contributed by atoms with Crippen LogP contribution in [0.5, 0.6) is 0 Å². The minimum atomic E-state index is -4.51. The Morgan fingerprint density at radius 3 is 2.48 bits per heavy atom. The quantitative estimate of drug-likeness (QED) is 0.893. The Hall–Kier alpha value is -1.79. The number of halogens is 3. The number of alkyl halides is 3. The van der Waals surface area contributed by atoms with Gasteiger partial charge < -0.3 is 4.90 Å². The van der Waals surface area contributed by atoms with E-state index in [1.165, 1.54) is 11.0 Å². The topological polar surface area (TPSA) is 73.2 Å². The molecule has 0 aliphatic carbocycles. The Morgan fingerprint density at radius 2 is 2.00 bits per heavy atom. The van der Waals surface area contributed by atoms with Gasteiger partial charge in [-0.3, -0.25) is 0 Å². The molecular formula is C12H14F3N3O2S. The van der Waals surface area contributed by atoms with Crippen LogP contribution in [0.15, 0.2) is 18.2 Å². The van der Waals surface area contributed by atoms with Gasteiger partial charge in [-0.1, -0.05) is 0 Å². The molecular weight excluding hydrogens is 307 g/mol. The normalized spacial score (nSPS) is 12.0. The van der Waals surface area contributed by atoms with Gasteiger partial charge in [0.25, 0.3) is 0 Å².